The Kier molecular flexibility index (Phi) is 8.07. The van der Waals surface area contributed by atoms with Gasteiger partial charge in [-0.25, -0.2) is 0 Å². The van der Waals surface area contributed by atoms with Crippen molar-refractivity contribution in [3.63, 3.8) is 0 Å². The van der Waals surface area contributed by atoms with Gasteiger partial charge >= 0.3 is 6.18 Å². The number of hydrogen-bond acceptors (Lipinski definition) is 3. The summed E-state index contributed by atoms with van der Waals surface area (Å²) in [5, 5.41) is 0. The summed E-state index contributed by atoms with van der Waals surface area (Å²) in [6.45, 7) is 2.62. The minimum absolute atomic E-state index is 0.0450. The number of aryl methyl sites for hydroxylation is 1. The number of pyridine rings is 1. The fourth-order valence-corrected chi connectivity index (χ4v) is 3.99. The van der Waals surface area contributed by atoms with Crippen molar-refractivity contribution in [1.29, 1.82) is 0 Å². The number of carbonyl (C=O) groups is 1. The Bertz CT molecular complexity index is 825. The molecule has 0 radical (unpaired) electrons. The first-order chi connectivity index (χ1) is 14.9. The summed E-state index contributed by atoms with van der Waals surface area (Å²) in [7, 11) is 0. The Balaban J connectivity index is 1.93. The fraction of sp³-hybridized carbons (Fsp3) is 0.500. The van der Waals surface area contributed by atoms with Crippen molar-refractivity contribution in [3.8, 4) is 0 Å². The van der Waals surface area contributed by atoms with Crippen LogP contribution in [0.1, 0.15) is 67.9 Å². The molecule has 2 atom stereocenters. The van der Waals surface area contributed by atoms with Gasteiger partial charge in [0, 0.05) is 44.0 Å². The van der Waals surface area contributed by atoms with Gasteiger partial charge < -0.3 is 9.64 Å². The molecule has 0 spiro atoms. The number of rotatable bonds is 9. The van der Waals surface area contributed by atoms with Crippen LogP contribution in [0.2, 0.25) is 0 Å². The Morgan fingerprint density at radius 2 is 1.90 bits per heavy atom. The zero-order chi connectivity index (χ0) is 22.3. The standard InChI is InChI=1S/C24H29F3N2O2/c1-2-18-9-11-19(12-10-18)22(29-15-4-3-8-21(29)30)23(20-7-5-14-28-17-20)31-16-6-13-24(25,26)27/h5,7,9-12,14,17,22-23H,2-4,6,8,13,15-16H2,1H3/t22-,23+/m1/s1. The average molecular weight is 435 g/mol. The van der Waals surface area contributed by atoms with Crippen LogP contribution >= 0.6 is 0 Å². The Morgan fingerprint density at radius 3 is 2.52 bits per heavy atom. The molecule has 0 bridgehead atoms. The Hall–Kier alpha value is -2.41. The zero-order valence-corrected chi connectivity index (χ0v) is 17.8. The molecule has 1 fully saturated rings. The van der Waals surface area contributed by atoms with E-state index in [1.165, 1.54) is 5.56 Å². The molecule has 1 amide bonds. The predicted octanol–water partition coefficient (Wildman–Crippen LogP) is 5.80. The maximum Gasteiger partial charge on any atom is 0.389 e. The van der Waals surface area contributed by atoms with Crippen molar-refractivity contribution >= 4 is 5.91 Å². The van der Waals surface area contributed by atoms with Crippen LogP contribution in [-0.4, -0.2) is 35.1 Å². The third-order valence-electron chi connectivity index (χ3n) is 5.63. The number of hydrogen-bond donors (Lipinski definition) is 0. The highest BCUT2D eigenvalue weighted by Crippen LogP contribution is 2.39. The van der Waals surface area contributed by atoms with E-state index in [4.69, 9.17) is 4.74 Å². The first-order valence-electron chi connectivity index (χ1n) is 10.9. The van der Waals surface area contributed by atoms with Crippen LogP contribution in [0.4, 0.5) is 13.2 Å². The first-order valence-corrected chi connectivity index (χ1v) is 10.9. The maximum atomic E-state index is 12.8. The zero-order valence-electron chi connectivity index (χ0n) is 17.8. The van der Waals surface area contributed by atoms with Gasteiger partial charge in [0.25, 0.3) is 0 Å². The van der Waals surface area contributed by atoms with E-state index in [1.54, 1.807) is 18.5 Å². The van der Waals surface area contributed by atoms with Crippen LogP contribution in [0.15, 0.2) is 48.8 Å². The summed E-state index contributed by atoms with van der Waals surface area (Å²) in [5.41, 5.74) is 2.84. The SMILES string of the molecule is CCc1ccc([C@H]([C@@H](OCCCC(F)(F)F)c2cccnc2)N2CCCCC2=O)cc1. The molecule has 1 aromatic heterocycles. The second-order valence-corrected chi connectivity index (χ2v) is 7.88. The number of aromatic nitrogens is 1. The number of carbonyl (C=O) groups excluding carboxylic acids is 1. The Labute approximate surface area is 181 Å². The van der Waals surface area contributed by atoms with E-state index in [9.17, 15) is 18.0 Å². The van der Waals surface area contributed by atoms with Crippen molar-refractivity contribution < 1.29 is 22.7 Å². The van der Waals surface area contributed by atoms with Crippen LogP contribution in [0.25, 0.3) is 0 Å². The van der Waals surface area contributed by atoms with Crippen molar-refractivity contribution in [2.45, 2.75) is 63.8 Å². The highest BCUT2D eigenvalue weighted by Gasteiger charge is 2.35. The van der Waals surface area contributed by atoms with Crippen molar-refractivity contribution in [2.75, 3.05) is 13.2 Å². The largest absolute Gasteiger partial charge is 0.389 e. The lowest BCUT2D eigenvalue weighted by atomic mass is 9.92. The first kappa shape index (κ1) is 23.3. The maximum absolute atomic E-state index is 12.8. The number of alkyl halides is 3. The van der Waals surface area contributed by atoms with E-state index < -0.39 is 24.7 Å². The monoisotopic (exact) mass is 434 g/mol. The summed E-state index contributed by atoms with van der Waals surface area (Å²) >= 11 is 0. The quantitative estimate of drug-likeness (QED) is 0.469. The highest BCUT2D eigenvalue weighted by molar-refractivity contribution is 5.77. The molecule has 1 aliphatic heterocycles. The molecule has 0 unspecified atom stereocenters. The number of benzene rings is 1. The van der Waals surface area contributed by atoms with Crippen molar-refractivity contribution in [1.82, 2.24) is 9.88 Å². The van der Waals surface area contributed by atoms with Crippen LogP contribution in [0, 0.1) is 0 Å². The molecule has 1 saturated heterocycles. The van der Waals surface area contributed by atoms with Gasteiger partial charge in [0.2, 0.25) is 5.91 Å². The van der Waals surface area contributed by atoms with E-state index in [0.29, 0.717) is 13.0 Å². The minimum atomic E-state index is -4.22. The lowest BCUT2D eigenvalue weighted by molar-refractivity contribution is -0.144. The second kappa shape index (κ2) is 10.8. The van der Waals surface area contributed by atoms with E-state index in [2.05, 4.69) is 11.9 Å². The molecule has 2 aromatic rings. The third kappa shape index (κ3) is 6.53. The summed E-state index contributed by atoms with van der Waals surface area (Å²) in [5.74, 6) is 0.0450. The third-order valence-corrected chi connectivity index (χ3v) is 5.63. The summed E-state index contributed by atoms with van der Waals surface area (Å²) in [6, 6.07) is 11.2. The van der Waals surface area contributed by atoms with Crippen LogP contribution in [0.5, 0.6) is 0 Å². The van der Waals surface area contributed by atoms with Gasteiger partial charge in [0.1, 0.15) is 6.10 Å². The molecule has 2 heterocycles. The molecule has 4 nitrogen and oxygen atoms in total. The number of likely N-dealkylation sites (tertiary alicyclic amines) is 1. The molecule has 168 valence electrons. The van der Waals surface area contributed by atoms with Gasteiger partial charge in [-0.3, -0.25) is 9.78 Å². The molecule has 3 rings (SSSR count). The molecule has 1 aromatic carbocycles. The molecule has 7 heteroatoms. The van der Waals surface area contributed by atoms with Gasteiger partial charge in [-0.05, 0) is 42.9 Å². The molecule has 1 aliphatic rings. The summed E-state index contributed by atoms with van der Waals surface area (Å²) < 4.78 is 43.9. The fourth-order valence-electron chi connectivity index (χ4n) is 3.99. The summed E-state index contributed by atoms with van der Waals surface area (Å²) in [4.78, 5) is 18.8. The number of amides is 1. The molecule has 31 heavy (non-hydrogen) atoms. The second-order valence-electron chi connectivity index (χ2n) is 7.88. The van der Waals surface area contributed by atoms with Crippen LogP contribution in [-0.2, 0) is 16.0 Å². The van der Waals surface area contributed by atoms with E-state index >= 15 is 0 Å². The molecule has 0 N–H and O–H groups in total. The molecule has 0 aliphatic carbocycles. The smallest absolute Gasteiger partial charge is 0.371 e. The van der Waals surface area contributed by atoms with Crippen LogP contribution < -0.4 is 0 Å². The number of piperidine rings is 1. The van der Waals surface area contributed by atoms with Crippen molar-refractivity contribution in [3.05, 3.63) is 65.5 Å². The van der Waals surface area contributed by atoms with Gasteiger partial charge in [-0.1, -0.05) is 37.3 Å². The predicted molar refractivity (Wildman–Crippen MR) is 112 cm³/mol. The molecular weight excluding hydrogens is 405 g/mol. The van der Waals surface area contributed by atoms with Gasteiger partial charge in [0.05, 0.1) is 6.04 Å². The molecule has 0 saturated carbocycles. The normalized spacial score (nSPS) is 16.9. The van der Waals surface area contributed by atoms with E-state index in [0.717, 1.165) is 30.4 Å². The highest BCUT2D eigenvalue weighted by atomic mass is 19.4. The molecular formula is C24H29F3N2O2. The van der Waals surface area contributed by atoms with Gasteiger partial charge in [0.15, 0.2) is 0 Å². The van der Waals surface area contributed by atoms with E-state index in [1.807, 2.05) is 35.2 Å². The topological polar surface area (TPSA) is 42.4 Å². The average Bonchev–Trinajstić information content (AvgIpc) is 2.77. The number of halogens is 3. The van der Waals surface area contributed by atoms with Crippen LogP contribution in [0.3, 0.4) is 0 Å². The van der Waals surface area contributed by atoms with Gasteiger partial charge in [-0.15, -0.1) is 0 Å². The minimum Gasteiger partial charge on any atom is -0.371 e. The number of nitrogens with zero attached hydrogens (tertiary/aromatic N) is 2. The Morgan fingerprint density at radius 1 is 1.13 bits per heavy atom. The lowest BCUT2D eigenvalue weighted by Crippen LogP contribution is -2.41. The number of ether oxygens (including phenoxy) is 1. The van der Waals surface area contributed by atoms with Gasteiger partial charge in [-0.2, -0.15) is 13.2 Å². The van der Waals surface area contributed by atoms with Crippen molar-refractivity contribution in [2.24, 2.45) is 0 Å². The lowest BCUT2D eigenvalue weighted by Gasteiger charge is -2.39. The van der Waals surface area contributed by atoms with E-state index in [-0.39, 0.29) is 18.9 Å². The summed E-state index contributed by atoms with van der Waals surface area (Å²) in [6.07, 6.45) is 0.565.